The standard InChI is InChI=1S/C16H11BrClFN4OS/c17-10-3-6-13(12(19)7-10)20-14(24)8-25-16-21-15(22-23-16)9-1-4-11(18)5-2-9/h1-7H,8H2,(H,20,24)(H,21,22,23). The Bertz CT molecular complexity index is 903. The van der Waals surface area contributed by atoms with E-state index in [2.05, 4.69) is 36.4 Å². The number of rotatable bonds is 5. The van der Waals surface area contributed by atoms with E-state index in [1.165, 1.54) is 12.1 Å². The summed E-state index contributed by atoms with van der Waals surface area (Å²) in [6.07, 6.45) is 0. The molecule has 1 amide bonds. The van der Waals surface area contributed by atoms with Crippen LogP contribution >= 0.6 is 39.3 Å². The molecule has 0 fully saturated rings. The van der Waals surface area contributed by atoms with Crippen LogP contribution in [0.4, 0.5) is 10.1 Å². The molecule has 0 bridgehead atoms. The number of carbonyl (C=O) groups is 1. The van der Waals surface area contributed by atoms with Crippen LogP contribution in [0, 0.1) is 5.82 Å². The highest BCUT2D eigenvalue weighted by atomic mass is 79.9. The van der Waals surface area contributed by atoms with Gasteiger partial charge in [-0.1, -0.05) is 39.3 Å². The highest BCUT2D eigenvalue weighted by Gasteiger charge is 2.11. The Kier molecular flexibility index (Phi) is 5.72. The molecule has 0 atom stereocenters. The summed E-state index contributed by atoms with van der Waals surface area (Å²) in [5, 5.41) is 10.4. The third-order valence-corrected chi connectivity index (χ3v) is 4.71. The van der Waals surface area contributed by atoms with Crippen LogP contribution in [0.25, 0.3) is 11.4 Å². The number of amides is 1. The summed E-state index contributed by atoms with van der Waals surface area (Å²) in [6.45, 7) is 0. The van der Waals surface area contributed by atoms with Gasteiger partial charge in [-0.15, -0.1) is 5.10 Å². The molecule has 2 aromatic carbocycles. The maximum Gasteiger partial charge on any atom is 0.234 e. The van der Waals surface area contributed by atoms with Crippen molar-refractivity contribution in [2.45, 2.75) is 5.16 Å². The number of nitrogens with one attached hydrogen (secondary N) is 2. The molecule has 9 heteroatoms. The zero-order chi connectivity index (χ0) is 17.8. The Morgan fingerprint density at radius 3 is 2.76 bits per heavy atom. The second-order valence-corrected chi connectivity index (χ2v) is 7.23. The van der Waals surface area contributed by atoms with Gasteiger partial charge in [0, 0.05) is 15.1 Å². The molecule has 0 saturated carbocycles. The molecule has 5 nitrogen and oxygen atoms in total. The van der Waals surface area contributed by atoms with Gasteiger partial charge in [0.05, 0.1) is 11.4 Å². The number of aromatic amines is 1. The zero-order valence-electron chi connectivity index (χ0n) is 12.6. The van der Waals surface area contributed by atoms with Gasteiger partial charge in [-0.25, -0.2) is 9.37 Å². The normalized spacial score (nSPS) is 10.7. The molecule has 128 valence electrons. The van der Waals surface area contributed by atoms with Crippen LogP contribution in [-0.2, 0) is 4.79 Å². The van der Waals surface area contributed by atoms with Crippen molar-refractivity contribution < 1.29 is 9.18 Å². The Morgan fingerprint density at radius 1 is 1.28 bits per heavy atom. The first-order valence-electron chi connectivity index (χ1n) is 7.07. The fourth-order valence-corrected chi connectivity index (χ4v) is 3.01. The number of anilines is 1. The minimum absolute atomic E-state index is 0.0629. The van der Waals surface area contributed by atoms with Crippen LogP contribution in [0.5, 0.6) is 0 Å². The molecule has 2 N–H and O–H groups in total. The van der Waals surface area contributed by atoms with Gasteiger partial charge in [-0.2, -0.15) is 0 Å². The summed E-state index contributed by atoms with van der Waals surface area (Å²) in [5.41, 5.74) is 0.968. The van der Waals surface area contributed by atoms with Crippen molar-refractivity contribution in [2.24, 2.45) is 0 Å². The molecule has 1 heterocycles. The minimum Gasteiger partial charge on any atom is -0.323 e. The van der Waals surface area contributed by atoms with Crippen molar-refractivity contribution in [1.82, 2.24) is 15.2 Å². The number of H-pyrrole nitrogens is 1. The summed E-state index contributed by atoms with van der Waals surface area (Å²) in [5.74, 6) is -0.203. The van der Waals surface area contributed by atoms with Crippen molar-refractivity contribution in [1.29, 1.82) is 0 Å². The molecule has 25 heavy (non-hydrogen) atoms. The Labute approximate surface area is 160 Å². The van der Waals surface area contributed by atoms with Crippen LogP contribution in [0.3, 0.4) is 0 Å². The lowest BCUT2D eigenvalue weighted by molar-refractivity contribution is -0.113. The molecule has 0 unspecified atom stereocenters. The summed E-state index contributed by atoms with van der Waals surface area (Å²) < 4.78 is 14.3. The van der Waals surface area contributed by atoms with E-state index in [-0.39, 0.29) is 17.3 Å². The van der Waals surface area contributed by atoms with Gasteiger partial charge in [0.1, 0.15) is 5.82 Å². The second-order valence-electron chi connectivity index (χ2n) is 4.93. The fraction of sp³-hybridized carbons (Fsp3) is 0.0625. The smallest absolute Gasteiger partial charge is 0.234 e. The molecule has 0 spiro atoms. The van der Waals surface area contributed by atoms with Crippen LogP contribution in [0.2, 0.25) is 5.02 Å². The second kappa shape index (κ2) is 7.99. The number of thioether (sulfide) groups is 1. The third-order valence-electron chi connectivity index (χ3n) is 3.12. The molecular formula is C16H11BrClFN4OS. The molecule has 0 aliphatic rings. The van der Waals surface area contributed by atoms with E-state index >= 15 is 0 Å². The summed E-state index contributed by atoms with van der Waals surface area (Å²) in [7, 11) is 0. The lowest BCUT2D eigenvalue weighted by Crippen LogP contribution is -2.15. The highest BCUT2D eigenvalue weighted by Crippen LogP contribution is 2.22. The van der Waals surface area contributed by atoms with Crippen LogP contribution < -0.4 is 5.32 Å². The van der Waals surface area contributed by atoms with Gasteiger partial charge >= 0.3 is 0 Å². The van der Waals surface area contributed by atoms with Gasteiger partial charge in [-0.05, 0) is 42.5 Å². The number of nitrogens with zero attached hydrogens (tertiary/aromatic N) is 2. The maximum atomic E-state index is 13.7. The van der Waals surface area contributed by atoms with E-state index in [4.69, 9.17) is 11.6 Å². The number of hydrogen-bond donors (Lipinski definition) is 2. The summed E-state index contributed by atoms with van der Waals surface area (Å²) >= 11 is 10.2. The van der Waals surface area contributed by atoms with Crippen LogP contribution in [-0.4, -0.2) is 26.8 Å². The maximum absolute atomic E-state index is 13.7. The molecule has 0 aliphatic carbocycles. The van der Waals surface area contributed by atoms with Crippen molar-refractivity contribution in [2.75, 3.05) is 11.1 Å². The Balaban J connectivity index is 1.58. The largest absolute Gasteiger partial charge is 0.323 e. The minimum atomic E-state index is -0.504. The van der Waals surface area contributed by atoms with Gasteiger partial charge in [0.25, 0.3) is 0 Å². The number of carbonyl (C=O) groups excluding carboxylic acids is 1. The molecule has 0 aliphatic heterocycles. The van der Waals surface area contributed by atoms with Crippen molar-refractivity contribution in [3.05, 3.63) is 57.8 Å². The number of benzene rings is 2. The highest BCUT2D eigenvalue weighted by molar-refractivity contribution is 9.10. The van der Waals surface area contributed by atoms with Gasteiger partial charge < -0.3 is 5.32 Å². The van der Waals surface area contributed by atoms with E-state index in [1.807, 2.05) is 12.1 Å². The monoisotopic (exact) mass is 440 g/mol. The number of hydrogen-bond acceptors (Lipinski definition) is 4. The predicted octanol–water partition coefficient (Wildman–Crippen LogP) is 4.76. The Hall–Kier alpha value is -1.90. The van der Waals surface area contributed by atoms with E-state index in [0.29, 0.717) is 20.5 Å². The zero-order valence-corrected chi connectivity index (χ0v) is 15.8. The summed E-state index contributed by atoms with van der Waals surface area (Å²) in [6, 6.07) is 11.6. The van der Waals surface area contributed by atoms with Gasteiger partial charge in [0.15, 0.2) is 5.82 Å². The number of aromatic nitrogens is 3. The van der Waals surface area contributed by atoms with Crippen molar-refractivity contribution in [3.8, 4) is 11.4 Å². The predicted molar refractivity (Wildman–Crippen MR) is 100 cm³/mol. The lowest BCUT2D eigenvalue weighted by atomic mass is 10.2. The van der Waals surface area contributed by atoms with Crippen molar-refractivity contribution in [3.63, 3.8) is 0 Å². The SMILES string of the molecule is O=C(CSc1n[nH]c(-c2ccc(Cl)cc2)n1)Nc1ccc(Br)cc1F. The molecule has 3 aromatic rings. The molecule has 1 aromatic heterocycles. The average Bonchev–Trinajstić information content (AvgIpc) is 3.05. The quantitative estimate of drug-likeness (QED) is 0.560. The first-order valence-corrected chi connectivity index (χ1v) is 9.23. The molecular weight excluding hydrogens is 431 g/mol. The first kappa shape index (κ1) is 17.9. The van der Waals surface area contributed by atoms with E-state index in [1.54, 1.807) is 18.2 Å². The number of halogens is 3. The van der Waals surface area contributed by atoms with Crippen molar-refractivity contribution >= 4 is 50.9 Å². The van der Waals surface area contributed by atoms with Crippen LogP contribution in [0.15, 0.2) is 52.1 Å². The van der Waals surface area contributed by atoms with Crippen LogP contribution in [0.1, 0.15) is 0 Å². The third kappa shape index (κ3) is 4.81. The Morgan fingerprint density at radius 2 is 2.04 bits per heavy atom. The molecule has 3 rings (SSSR count). The molecule has 0 saturated heterocycles. The average molecular weight is 442 g/mol. The van der Waals surface area contributed by atoms with E-state index in [9.17, 15) is 9.18 Å². The van der Waals surface area contributed by atoms with Gasteiger partial charge in [0.2, 0.25) is 11.1 Å². The summed E-state index contributed by atoms with van der Waals surface area (Å²) in [4.78, 5) is 16.3. The topological polar surface area (TPSA) is 70.7 Å². The van der Waals surface area contributed by atoms with Gasteiger partial charge in [-0.3, -0.25) is 9.89 Å². The van der Waals surface area contributed by atoms with E-state index < -0.39 is 5.82 Å². The van der Waals surface area contributed by atoms with E-state index in [0.717, 1.165) is 17.3 Å². The lowest BCUT2D eigenvalue weighted by Gasteiger charge is -2.05. The fourth-order valence-electron chi connectivity index (χ4n) is 1.96. The first-order chi connectivity index (χ1) is 12.0. The molecule has 0 radical (unpaired) electrons.